The Kier molecular flexibility index (Phi) is 15.1. The Morgan fingerprint density at radius 3 is 1.95 bits per heavy atom. The van der Waals surface area contributed by atoms with Gasteiger partial charge in [-0.2, -0.15) is 5.10 Å². The zero-order chi connectivity index (χ0) is 32.6. The van der Waals surface area contributed by atoms with Crippen LogP contribution in [0.5, 0.6) is 0 Å². The smallest absolute Gasteiger partial charge is 0.359 e. The first-order valence-electron chi connectivity index (χ1n) is 15.8. The van der Waals surface area contributed by atoms with Crippen LogP contribution < -0.4 is 5.43 Å². The van der Waals surface area contributed by atoms with E-state index in [1.165, 1.54) is 19.3 Å². The fourth-order valence-electron chi connectivity index (χ4n) is 4.56. The standard InChI is InChI=1S/C36H52N2O6/c1-8-9-10-11-12-16-23-42-34(41)31(27-17-14-13-15-18-27)38-37-29-21-19-28(20-22-29)32(39)43-24-25-44-33(40)30(36(5,6)7)26-35(2,3)4/h13-15,17-22,30,37H,8-12,16,23-26H2,1-7H3/b38-31-. The van der Waals surface area contributed by atoms with Gasteiger partial charge in [0.25, 0.3) is 0 Å². The van der Waals surface area contributed by atoms with Crippen LogP contribution in [-0.4, -0.2) is 43.4 Å². The van der Waals surface area contributed by atoms with Crippen molar-refractivity contribution in [2.75, 3.05) is 25.2 Å². The van der Waals surface area contributed by atoms with Crippen molar-refractivity contribution in [2.45, 2.75) is 93.4 Å². The molecule has 44 heavy (non-hydrogen) atoms. The van der Waals surface area contributed by atoms with Crippen molar-refractivity contribution in [3.05, 3.63) is 65.7 Å². The van der Waals surface area contributed by atoms with Crippen molar-refractivity contribution in [1.29, 1.82) is 0 Å². The Labute approximate surface area is 263 Å². The number of esters is 3. The number of hydrogen-bond acceptors (Lipinski definition) is 8. The largest absolute Gasteiger partial charge is 0.462 e. The van der Waals surface area contributed by atoms with E-state index in [1.807, 2.05) is 39.0 Å². The van der Waals surface area contributed by atoms with E-state index >= 15 is 0 Å². The van der Waals surface area contributed by atoms with Crippen LogP contribution in [0, 0.1) is 16.7 Å². The number of nitrogens with one attached hydrogen (secondary N) is 1. The summed E-state index contributed by atoms with van der Waals surface area (Å²) in [5, 5.41) is 4.34. The number of carbonyl (C=O) groups is 3. The van der Waals surface area contributed by atoms with E-state index in [4.69, 9.17) is 14.2 Å². The maximum atomic E-state index is 12.9. The van der Waals surface area contributed by atoms with Crippen molar-refractivity contribution >= 4 is 29.3 Å². The number of benzene rings is 2. The molecule has 0 heterocycles. The maximum absolute atomic E-state index is 12.9. The van der Waals surface area contributed by atoms with E-state index in [0.29, 0.717) is 29.8 Å². The maximum Gasteiger partial charge on any atom is 0.359 e. The first kappa shape index (κ1) is 36.5. The lowest BCUT2D eigenvalue weighted by Gasteiger charge is -2.33. The minimum absolute atomic E-state index is 0.00707. The molecule has 1 unspecified atom stereocenters. The van der Waals surface area contributed by atoms with E-state index in [1.54, 1.807) is 36.4 Å². The second kappa shape index (κ2) is 18.2. The lowest BCUT2D eigenvalue weighted by molar-refractivity contribution is -0.155. The summed E-state index contributed by atoms with van der Waals surface area (Å²) in [5.74, 6) is -1.56. The molecular weight excluding hydrogens is 556 g/mol. The number of unbranched alkanes of at least 4 members (excludes halogenated alkanes) is 5. The molecule has 0 bridgehead atoms. The second-order valence-corrected chi connectivity index (χ2v) is 13.4. The van der Waals surface area contributed by atoms with Gasteiger partial charge < -0.3 is 14.2 Å². The van der Waals surface area contributed by atoms with Crippen LogP contribution >= 0.6 is 0 Å². The first-order valence-corrected chi connectivity index (χ1v) is 15.8. The van der Waals surface area contributed by atoms with E-state index in [-0.39, 0.29) is 41.6 Å². The number of rotatable bonds is 17. The Bertz CT molecular complexity index is 1190. The van der Waals surface area contributed by atoms with Crippen LogP contribution in [0.1, 0.15) is 109 Å². The molecule has 8 heteroatoms. The molecule has 0 saturated carbocycles. The highest BCUT2D eigenvalue weighted by Crippen LogP contribution is 2.36. The third kappa shape index (κ3) is 13.7. The van der Waals surface area contributed by atoms with Gasteiger partial charge in [-0.1, -0.05) is 111 Å². The van der Waals surface area contributed by atoms with Crippen LogP contribution in [0.3, 0.4) is 0 Å². The summed E-state index contributed by atoms with van der Waals surface area (Å²) in [6.45, 7) is 14.9. The molecule has 2 aromatic rings. The zero-order valence-corrected chi connectivity index (χ0v) is 27.7. The van der Waals surface area contributed by atoms with Gasteiger partial charge in [0.05, 0.1) is 23.8 Å². The highest BCUT2D eigenvalue weighted by atomic mass is 16.6. The highest BCUT2D eigenvalue weighted by molar-refractivity contribution is 6.43. The van der Waals surface area contributed by atoms with Gasteiger partial charge in [-0.3, -0.25) is 10.2 Å². The molecule has 0 fully saturated rings. The van der Waals surface area contributed by atoms with Crippen molar-refractivity contribution < 1.29 is 28.6 Å². The van der Waals surface area contributed by atoms with Gasteiger partial charge >= 0.3 is 17.9 Å². The van der Waals surface area contributed by atoms with Gasteiger partial charge in [-0.05, 0) is 47.9 Å². The number of ether oxygens (including phenoxy) is 3. The molecule has 0 aliphatic heterocycles. The van der Waals surface area contributed by atoms with Crippen molar-refractivity contribution in [2.24, 2.45) is 21.8 Å². The number of hydrogen-bond donors (Lipinski definition) is 1. The molecule has 0 aromatic heterocycles. The summed E-state index contributed by atoms with van der Waals surface area (Å²) < 4.78 is 16.3. The quantitative estimate of drug-likeness (QED) is 0.0635. The van der Waals surface area contributed by atoms with E-state index in [2.05, 4.69) is 38.2 Å². The predicted octanol–water partition coefficient (Wildman–Crippen LogP) is 8.21. The van der Waals surface area contributed by atoms with Crippen LogP contribution in [0.25, 0.3) is 0 Å². The summed E-state index contributed by atoms with van der Waals surface area (Å²) in [4.78, 5) is 38.2. The van der Waals surface area contributed by atoms with Crippen molar-refractivity contribution in [3.63, 3.8) is 0 Å². The Morgan fingerprint density at radius 1 is 0.727 bits per heavy atom. The van der Waals surface area contributed by atoms with Gasteiger partial charge in [0.2, 0.25) is 0 Å². The zero-order valence-electron chi connectivity index (χ0n) is 27.7. The normalized spacial score (nSPS) is 12.8. The Balaban J connectivity index is 1.90. The average Bonchev–Trinajstić information content (AvgIpc) is 2.97. The molecule has 0 aliphatic carbocycles. The van der Waals surface area contributed by atoms with E-state index in [9.17, 15) is 14.4 Å². The second-order valence-electron chi connectivity index (χ2n) is 13.4. The summed E-state index contributed by atoms with van der Waals surface area (Å²) in [5.41, 5.74) is 4.37. The van der Waals surface area contributed by atoms with Crippen LogP contribution in [0.4, 0.5) is 5.69 Å². The summed E-state index contributed by atoms with van der Waals surface area (Å²) >= 11 is 0. The molecule has 2 rings (SSSR count). The predicted molar refractivity (Wildman–Crippen MR) is 176 cm³/mol. The van der Waals surface area contributed by atoms with E-state index in [0.717, 1.165) is 19.3 Å². The molecule has 1 atom stereocenters. The SMILES string of the molecule is CCCCCCCCOC(=O)/C(=N\Nc1ccc(C(=O)OCCOC(=O)C(CC(C)(C)C)C(C)(C)C)cc1)c1ccccc1. The summed E-state index contributed by atoms with van der Waals surface area (Å²) in [6, 6.07) is 15.7. The average molecular weight is 609 g/mol. The Hall–Kier alpha value is -3.68. The first-order chi connectivity index (χ1) is 20.8. The molecule has 0 saturated heterocycles. The molecule has 8 nitrogen and oxygen atoms in total. The number of anilines is 1. The topological polar surface area (TPSA) is 103 Å². The molecule has 0 spiro atoms. The molecule has 0 radical (unpaired) electrons. The summed E-state index contributed by atoms with van der Waals surface area (Å²) in [7, 11) is 0. The summed E-state index contributed by atoms with van der Waals surface area (Å²) in [6.07, 6.45) is 7.31. The van der Waals surface area contributed by atoms with Crippen LogP contribution in [-0.2, 0) is 23.8 Å². The molecule has 0 amide bonds. The van der Waals surface area contributed by atoms with Gasteiger partial charge in [0, 0.05) is 5.56 Å². The van der Waals surface area contributed by atoms with Gasteiger partial charge in [-0.25, -0.2) is 9.59 Å². The lowest BCUT2D eigenvalue weighted by atomic mass is 9.72. The highest BCUT2D eigenvalue weighted by Gasteiger charge is 2.35. The monoisotopic (exact) mass is 608 g/mol. The Morgan fingerprint density at radius 2 is 1.34 bits per heavy atom. The van der Waals surface area contributed by atoms with E-state index < -0.39 is 11.9 Å². The fraction of sp³-hybridized carbons (Fsp3) is 0.556. The number of carbonyl (C=O) groups excluding carboxylic acids is 3. The third-order valence-electron chi connectivity index (χ3n) is 7.10. The number of hydrazone groups is 1. The number of nitrogens with zero attached hydrogens (tertiary/aromatic N) is 1. The minimum atomic E-state index is -0.526. The van der Waals surface area contributed by atoms with Gasteiger partial charge in [-0.15, -0.1) is 0 Å². The van der Waals surface area contributed by atoms with Gasteiger partial charge in [0.1, 0.15) is 13.2 Å². The van der Waals surface area contributed by atoms with Crippen molar-refractivity contribution in [3.8, 4) is 0 Å². The minimum Gasteiger partial charge on any atom is -0.462 e. The van der Waals surface area contributed by atoms with Crippen LogP contribution in [0.2, 0.25) is 0 Å². The third-order valence-corrected chi connectivity index (χ3v) is 7.10. The van der Waals surface area contributed by atoms with Gasteiger partial charge in [0.15, 0.2) is 5.71 Å². The fourth-order valence-corrected chi connectivity index (χ4v) is 4.56. The molecule has 242 valence electrons. The molecular formula is C36H52N2O6. The molecule has 1 N–H and O–H groups in total. The van der Waals surface area contributed by atoms with Crippen molar-refractivity contribution in [1.82, 2.24) is 0 Å². The van der Waals surface area contributed by atoms with Crippen LogP contribution in [0.15, 0.2) is 59.7 Å². The molecule has 0 aliphatic rings. The lowest BCUT2D eigenvalue weighted by Crippen LogP contribution is -2.34. The molecule has 2 aromatic carbocycles.